The average Bonchev–Trinajstić information content (AvgIpc) is 3.09. The van der Waals surface area contributed by atoms with Crippen molar-refractivity contribution < 1.29 is 14.7 Å². The van der Waals surface area contributed by atoms with Gasteiger partial charge >= 0.3 is 6.03 Å². The van der Waals surface area contributed by atoms with Crippen molar-refractivity contribution in [1.82, 2.24) is 9.96 Å². The smallest absolute Gasteiger partial charge is 0.343 e. The summed E-state index contributed by atoms with van der Waals surface area (Å²) in [5.74, 6) is 1.63. The third-order valence-corrected chi connectivity index (χ3v) is 4.50. The normalized spacial score (nSPS) is 18.6. The van der Waals surface area contributed by atoms with Gasteiger partial charge in [0, 0.05) is 20.0 Å². The highest BCUT2D eigenvalue weighted by Crippen LogP contribution is 2.29. The van der Waals surface area contributed by atoms with Crippen molar-refractivity contribution >= 4 is 6.03 Å². The Bertz CT molecular complexity index is 774. The summed E-state index contributed by atoms with van der Waals surface area (Å²) in [6.45, 7) is 0. The third kappa shape index (κ3) is 4.24. The number of benzene rings is 2. The molecule has 5 heteroatoms. The number of hydroxylamine groups is 2. The Morgan fingerprint density at radius 3 is 2.58 bits per heavy atom. The van der Waals surface area contributed by atoms with Crippen molar-refractivity contribution in [2.75, 3.05) is 14.1 Å². The minimum absolute atomic E-state index is 0.0656. The van der Waals surface area contributed by atoms with E-state index in [1.54, 1.807) is 14.1 Å². The number of amides is 2. The first kappa shape index (κ1) is 18.0. The predicted octanol–water partition coefficient (Wildman–Crippen LogP) is 4.34. The van der Waals surface area contributed by atoms with Gasteiger partial charge in [0.15, 0.2) is 0 Å². The van der Waals surface area contributed by atoms with Gasteiger partial charge in [-0.25, -0.2) is 9.86 Å². The van der Waals surface area contributed by atoms with E-state index in [9.17, 15) is 10.0 Å². The second kappa shape index (κ2) is 8.06. The molecule has 0 heterocycles. The number of hydrogen-bond acceptors (Lipinski definition) is 3. The number of nitrogens with zero attached hydrogens (tertiary/aromatic N) is 2. The van der Waals surface area contributed by atoms with E-state index in [1.165, 1.54) is 4.90 Å². The van der Waals surface area contributed by atoms with Crippen LogP contribution >= 0.6 is 0 Å². The Kier molecular flexibility index (Phi) is 5.58. The topological polar surface area (TPSA) is 53.0 Å². The van der Waals surface area contributed by atoms with Crippen LogP contribution in [0.5, 0.6) is 11.5 Å². The highest BCUT2D eigenvalue weighted by atomic mass is 16.5. The molecule has 2 amide bonds. The Morgan fingerprint density at radius 1 is 1.12 bits per heavy atom. The summed E-state index contributed by atoms with van der Waals surface area (Å²) < 4.78 is 5.89. The predicted molar refractivity (Wildman–Crippen MR) is 100 cm³/mol. The molecule has 1 aliphatic rings. The van der Waals surface area contributed by atoms with E-state index in [0.717, 1.165) is 28.5 Å². The molecule has 0 saturated heterocycles. The Hall–Kier alpha value is -2.79. The second-order valence-electron chi connectivity index (χ2n) is 6.68. The maximum atomic E-state index is 12.0. The van der Waals surface area contributed by atoms with Crippen molar-refractivity contribution in [1.29, 1.82) is 0 Å². The molecule has 0 saturated carbocycles. The van der Waals surface area contributed by atoms with Gasteiger partial charge in [0.05, 0.1) is 6.04 Å². The molecule has 2 atom stereocenters. The maximum Gasteiger partial charge on any atom is 0.343 e. The van der Waals surface area contributed by atoms with Crippen LogP contribution in [0.15, 0.2) is 66.7 Å². The molecule has 0 aromatic heterocycles. The van der Waals surface area contributed by atoms with Crippen LogP contribution in [0.1, 0.15) is 12.0 Å². The zero-order valence-electron chi connectivity index (χ0n) is 15.1. The van der Waals surface area contributed by atoms with Crippen molar-refractivity contribution in [2.24, 2.45) is 5.92 Å². The van der Waals surface area contributed by atoms with E-state index < -0.39 is 6.03 Å². The van der Waals surface area contributed by atoms with Gasteiger partial charge < -0.3 is 9.64 Å². The first-order valence-corrected chi connectivity index (χ1v) is 8.72. The first-order chi connectivity index (χ1) is 12.5. The van der Waals surface area contributed by atoms with Crippen LogP contribution in [0.25, 0.3) is 0 Å². The Balaban J connectivity index is 1.69. The average molecular weight is 352 g/mol. The fourth-order valence-electron chi connectivity index (χ4n) is 3.16. The first-order valence-electron chi connectivity index (χ1n) is 8.72. The molecule has 0 fully saturated rings. The third-order valence-electron chi connectivity index (χ3n) is 4.50. The SMILES string of the molecule is CN(C)C(=O)N(O)[C@H]1CC=C[C@@H]1Cc1cccc(Oc2ccccc2)c1. The zero-order valence-corrected chi connectivity index (χ0v) is 15.1. The van der Waals surface area contributed by atoms with Crippen LogP contribution in [0.3, 0.4) is 0 Å². The van der Waals surface area contributed by atoms with Gasteiger partial charge in [0.25, 0.3) is 0 Å². The lowest BCUT2D eigenvalue weighted by molar-refractivity contribution is -0.0936. The summed E-state index contributed by atoms with van der Waals surface area (Å²) >= 11 is 0. The summed E-state index contributed by atoms with van der Waals surface area (Å²) in [5.41, 5.74) is 1.10. The van der Waals surface area contributed by atoms with Gasteiger partial charge in [-0.2, -0.15) is 0 Å². The summed E-state index contributed by atoms with van der Waals surface area (Å²) in [4.78, 5) is 13.4. The summed E-state index contributed by atoms with van der Waals surface area (Å²) in [5, 5.41) is 11.1. The minimum Gasteiger partial charge on any atom is -0.457 e. The van der Waals surface area contributed by atoms with Crippen molar-refractivity contribution in [3.8, 4) is 11.5 Å². The van der Waals surface area contributed by atoms with Crippen LogP contribution in [0.2, 0.25) is 0 Å². The number of para-hydroxylation sites is 1. The van der Waals surface area contributed by atoms with E-state index >= 15 is 0 Å². The van der Waals surface area contributed by atoms with Crippen LogP contribution in [0.4, 0.5) is 4.79 Å². The highest BCUT2D eigenvalue weighted by molar-refractivity contribution is 5.73. The Morgan fingerprint density at radius 2 is 1.85 bits per heavy atom. The lowest BCUT2D eigenvalue weighted by atomic mass is 9.94. The number of hydrogen-bond donors (Lipinski definition) is 1. The number of carbonyl (C=O) groups is 1. The van der Waals surface area contributed by atoms with Crippen molar-refractivity contribution in [3.63, 3.8) is 0 Å². The van der Waals surface area contributed by atoms with E-state index in [0.29, 0.717) is 6.42 Å². The van der Waals surface area contributed by atoms with Crippen molar-refractivity contribution in [2.45, 2.75) is 18.9 Å². The number of urea groups is 1. The number of rotatable bonds is 5. The molecule has 0 radical (unpaired) electrons. The quantitative estimate of drug-likeness (QED) is 0.495. The zero-order chi connectivity index (χ0) is 18.5. The Labute approximate surface area is 154 Å². The summed E-state index contributed by atoms with van der Waals surface area (Å²) in [6, 6.07) is 16.9. The lowest BCUT2D eigenvalue weighted by Gasteiger charge is -2.29. The van der Waals surface area contributed by atoms with Gasteiger partial charge in [0.2, 0.25) is 0 Å². The molecule has 0 aliphatic heterocycles. The molecular formula is C21H24N2O3. The maximum absolute atomic E-state index is 12.0. The van der Waals surface area contributed by atoms with Crippen LogP contribution in [-0.2, 0) is 6.42 Å². The molecule has 0 bridgehead atoms. The molecule has 0 spiro atoms. The van der Waals surface area contributed by atoms with Crippen LogP contribution in [0, 0.1) is 5.92 Å². The molecule has 26 heavy (non-hydrogen) atoms. The van der Waals surface area contributed by atoms with Crippen LogP contribution in [-0.4, -0.2) is 41.3 Å². The summed E-state index contributed by atoms with van der Waals surface area (Å²) in [6.07, 6.45) is 5.47. The van der Waals surface area contributed by atoms with Crippen molar-refractivity contribution in [3.05, 3.63) is 72.3 Å². The van der Waals surface area contributed by atoms with Gasteiger partial charge in [0.1, 0.15) is 11.5 Å². The largest absolute Gasteiger partial charge is 0.457 e. The van der Waals surface area contributed by atoms with E-state index in [-0.39, 0.29) is 12.0 Å². The van der Waals surface area contributed by atoms with Gasteiger partial charge in [-0.3, -0.25) is 5.21 Å². The fraction of sp³-hybridized carbons (Fsp3) is 0.286. The fourth-order valence-corrected chi connectivity index (χ4v) is 3.16. The molecule has 3 rings (SSSR count). The molecule has 136 valence electrons. The molecule has 1 N–H and O–H groups in total. The van der Waals surface area contributed by atoms with E-state index in [2.05, 4.69) is 6.08 Å². The lowest BCUT2D eigenvalue weighted by Crippen LogP contribution is -2.45. The standard InChI is InChI=1S/C21H24N2O3/c1-22(2)21(24)23(25)20-13-7-9-17(20)14-16-8-6-12-19(15-16)26-18-10-4-3-5-11-18/h3-12,15,17,20,25H,13-14H2,1-2H3/t17-,20+/m1/s1. The second-order valence-corrected chi connectivity index (χ2v) is 6.68. The number of carbonyl (C=O) groups excluding carboxylic acids is 1. The van der Waals surface area contributed by atoms with Crippen LogP contribution < -0.4 is 4.74 Å². The van der Waals surface area contributed by atoms with E-state index in [4.69, 9.17) is 4.74 Å². The molecule has 2 aromatic rings. The molecule has 0 unspecified atom stereocenters. The van der Waals surface area contributed by atoms with Gasteiger partial charge in [-0.05, 0) is 42.7 Å². The summed E-state index contributed by atoms with van der Waals surface area (Å²) in [7, 11) is 3.26. The molecular weight excluding hydrogens is 328 g/mol. The molecule has 5 nitrogen and oxygen atoms in total. The van der Waals surface area contributed by atoms with Gasteiger partial charge in [-0.15, -0.1) is 0 Å². The monoisotopic (exact) mass is 352 g/mol. The molecule has 1 aliphatic carbocycles. The van der Waals surface area contributed by atoms with Gasteiger partial charge in [-0.1, -0.05) is 42.5 Å². The number of ether oxygens (including phenoxy) is 1. The molecule has 2 aromatic carbocycles. The minimum atomic E-state index is -0.398. The highest BCUT2D eigenvalue weighted by Gasteiger charge is 2.32. The van der Waals surface area contributed by atoms with E-state index in [1.807, 2.05) is 60.7 Å².